The molecule has 0 bridgehead atoms. The molecule has 2 heterocycles. The molecule has 3 aromatic rings. The van der Waals surface area contributed by atoms with Crippen molar-refractivity contribution in [2.45, 2.75) is 30.8 Å². The van der Waals surface area contributed by atoms with Crippen molar-refractivity contribution in [2.24, 2.45) is 0 Å². The number of hydrogen-bond acceptors (Lipinski definition) is 6. The van der Waals surface area contributed by atoms with Gasteiger partial charge in [0, 0.05) is 40.8 Å². The van der Waals surface area contributed by atoms with Gasteiger partial charge in [-0.3, -0.25) is 9.69 Å². The molecule has 2 aromatic carbocycles. The number of amides is 1. The fraction of sp³-hybridized carbons (Fsp3) is 0.250. The van der Waals surface area contributed by atoms with Crippen LogP contribution in [0.25, 0.3) is 0 Å². The van der Waals surface area contributed by atoms with Gasteiger partial charge >= 0.3 is 0 Å². The Morgan fingerprint density at radius 3 is 2.62 bits per heavy atom. The molecule has 1 amide bonds. The molecule has 1 N–H and O–H groups in total. The Morgan fingerprint density at radius 1 is 1.21 bits per heavy atom. The second kappa shape index (κ2) is 10.1. The van der Waals surface area contributed by atoms with Crippen LogP contribution >= 0.6 is 34.5 Å². The maximum Gasteiger partial charge on any atom is 0.229 e. The van der Waals surface area contributed by atoms with Crippen molar-refractivity contribution in [1.29, 1.82) is 5.26 Å². The Balaban J connectivity index is 1.46. The number of anilines is 1. The van der Waals surface area contributed by atoms with Gasteiger partial charge in [-0.05, 0) is 53.4 Å². The molecule has 1 aromatic heterocycles. The molecule has 0 spiro atoms. The van der Waals surface area contributed by atoms with E-state index in [9.17, 15) is 18.5 Å². The van der Waals surface area contributed by atoms with Crippen molar-refractivity contribution in [1.82, 2.24) is 4.90 Å². The highest BCUT2D eigenvalue weighted by molar-refractivity contribution is 7.90. The third-order valence-electron chi connectivity index (χ3n) is 5.62. The predicted octanol–water partition coefficient (Wildman–Crippen LogP) is 5.07. The second-order valence-electron chi connectivity index (χ2n) is 8.16. The Kier molecular flexibility index (Phi) is 7.31. The van der Waals surface area contributed by atoms with Crippen LogP contribution in [0, 0.1) is 11.3 Å². The summed E-state index contributed by atoms with van der Waals surface area (Å²) in [5.41, 5.74) is 3.13. The van der Waals surface area contributed by atoms with Gasteiger partial charge in [0.05, 0.1) is 16.9 Å². The lowest BCUT2D eigenvalue weighted by Gasteiger charge is -2.27. The summed E-state index contributed by atoms with van der Waals surface area (Å²) in [6.45, 7) is 2.06. The van der Waals surface area contributed by atoms with Gasteiger partial charge in [0.1, 0.15) is 11.1 Å². The Morgan fingerprint density at radius 2 is 1.94 bits per heavy atom. The average Bonchev–Trinajstić information content (AvgIpc) is 3.12. The first kappa shape index (κ1) is 24.7. The summed E-state index contributed by atoms with van der Waals surface area (Å²) in [5.74, 6) is -0.259. The molecule has 0 saturated carbocycles. The fourth-order valence-corrected chi connectivity index (χ4v) is 6.17. The summed E-state index contributed by atoms with van der Waals surface area (Å²) in [5, 5.41) is 14.5. The van der Waals surface area contributed by atoms with Crippen LogP contribution in [0.4, 0.5) is 5.00 Å². The maximum absolute atomic E-state index is 12.6. The van der Waals surface area contributed by atoms with Gasteiger partial charge in [0.2, 0.25) is 5.91 Å². The van der Waals surface area contributed by atoms with E-state index in [-0.39, 0.29) is 17.2 Å². The summed E-state index contributed by atoms with van der Waals surface area (Å²) < 4.78 is 23.2. The lowest BCUT2D eigenvalue weighted by Crippen LogP contribution is -2.29. The zero-order valence-electron chi connectivity index (χ0n) is 18.3. The molecule has 0 unspecified atom stereocenters. The second-order valence-corrected chi connectivity index (χ2v) is 12.1. The number of hydrogen-bond donors (Lipinski definition) is 1. The first-order valence-electron chi connectivity index (χ1n) is 10.4. The fourth-order valence-electron chi connectivity index (χ4n) is 3.91. The average molecular weight is 534 g/mol. The minimum absolute atomic E-state index is 0.0802. The summed E-state index contributed by atoms with van der Waals surface area (Å²) in [4.78, 5) is 16.1. The van der Waals surface area contributed by atoms with E-state index in [4.69, 9.17) is 23.2 Å². The Labute approximate surface area is 212 Å². The van der Waals surface area contributed by atoms with E-state index in [0.29, 0.717) is 45.7 Å². The van der Waals surface area contributed by atoms with Crippen LogP contribution < -0.4 is 5.32 Å². The molecule has 0 saturated heterocycles. The topological polar surface area (TPSA) is 90.3 Å². The molecule has 1 aliphatic heterocycles. The van der Waals surface area contributed by atoms with Gasteiger partial charge in [0.15, 0.2) is 9.84 Å². The lowest BCUT2D eigenvalue weighted by atomic mass is 10.0. The highest BCUT2D eigenvalue weighted by Gasteiger charge is 2.25. The molecule has 1 aliphatic rings. The molecule has 0 aliphatic carbocycles. The van der Waals surface area contributed by atoms with E-state index < -0.39 is 9.84 Å². The highest BCUT2D eigenvalue weighted by Crippen LogP contribution is 2.37. The van der Waals surface area contributed by atoms with E-state index in [2.05, 4.69) is 16.3 Å². The molecular formula is C24H21Cl2N3O3S2. The van der Waals surface area contributed by atoms with E-state index in [1.54, 1.807) is 24.3 Å². The van der Waals surface area contributed by atoms with Crippen molar-refractivity contribution in [3.63, 3.8) is 0 Å². The Bertz CT molecular complexity index is 1390. The van der Waals surface area contributed by atoms with Gasteiger partial charge in [-0.1, -0.05) is 35.3 Å². The zero-order chi connectivity index (χ0) is 24.5. The number of halogens is 2. The Hall–Kier alpha value is -2.41. The largest absolute Gasteiger partial charge is 0.316 e. The third-order valence-corrected chi connectivity index (χ3v) is 8.48. The van der Waals surface area contributed by atoms with Gasteiger partial charge in [-0.2, -0.15) is 5.26 Å². The van der Waals surface area contributed by atoms with Crippen molar-refractivity contribution < 1.29 is 13.2 Å². The van der Waals surface area contributed by atoms with Crippen LogP contribution in [0.3, 0.4) is 0 Å². The molecule has 176 valence electrons. The highest BCUT2D eigenvalue weighted by atomic mass is 35.5. The number of nitrogens with one attached hydrogen (secondary N) is 1. The van der Waals surface area contributed by atoms with Crippen molar-refractivity contribution in [3.05, 3.63) is 79.6 Å². The van der Waals surface area contributed by atoms with Crippen molar-refractivity contribution in [3.8, 4) is 6.07 Å². The molecule has 0 fully saturated rings. The monoisotopic (exact) mass is 533 g/mol. The van der Waals surface area contributed by atoms with E-state index in [1.165, 1.54) is 23.5 Å². The van der Waals surface area contributed by atoms with Crippen LogP contribution in [0.2, 0.25) is 10.0 Å². The molecule has 6 nitrogen and oxygen atoms in total. The SMILES string of the molecule is CS(=O)(=O)c1ccc(CC(=O)Nc2sc3c(c2C#N)CCN(Cc2cc(Cl)ccc2Cl)C3)cc1. The van der Waals surface area contributed by atoms with Gasteiger partial charge < -0.3 is 5.32 Å². The summed E-state index contributed by atoms with van der Waals surface area (Å²) >= 11 is 13.9. The van der Waals surface area contributed by atoms with Crippen molar-refractivity contribution in [2.75, 3.05) is 18.1 Å². The third kappa shape index (κ3) is 5.62. The van der Waals surface area contributed by atoms with Gasteiger partial charge in [-0.25, -0.2) is 8.42 Å². The van der Waals surface area contributed by atoms with Crippen LogP contribution in [-0.2, 0) is 40.6 Å². The number of carbonyl (C=O) groups is 1. The van der Waals surface area contributed by atoms with Crippen LogP contribution in [0.15, 0.2) is 47.4 Å². The number of fused-ring (bicyclic) bond motifs is 1. The van der Waals surface area contributed by atoms with Gasteiger partial charge in [0.25, 0.3) is 0 Å². The lowest BCUT2D eigenvalue weighted by molar-refractivity contribution is -0.115. The minimum Gasteiger partial charge on any atom is -0.316 e. The van der Waals surface area contributed by atoms with E-state index >= 15 is 0 Å². The normalized spacial score (nSPS) is 13.8. The number of nitrogens with zero attached hydrogens (tertiary/aromatic N) is 2. The summed E-state index contributed by atoms with van der Waals surface area (Å²) in [7, 11) is -3.29. The van der Waals surface area contributed by atoms with Crippen LogP contribution in [0.5, 0.6) is 0 Å². The van der Waals surface area contributed by atoms with E-state index in [0.717, 1.165) is 28.8 Å². The van der Waals surface area contributed by atoms with Gasteiger partial charge in [-0.15, -0.1) is 11.3 Å². The first-order valence-corrected chi connectivity index (χ1v) is 13.9. The number of sulfone groups is 1. The van der Waals surface area contributed by atoms with Crippen LogP contribution in [-0.4, -0.2) is 32.0 Å². The number of benzene rings is 2. The molecule has 10 heteroatoms. The van der Waals surface area contributed by atoms with E-state index in [1.807, 2.05) is 6.07 Å². The minimum atomic E-state index is -3.29. The molecule has 4 rings (SSSR count). The zero-order valence-corrected chi connectivity index (χ0v) is 21.4. The number of rotatable bonds is 6. The molecule has 0 radical (unpaired) electrons. The van der Waals surface area contributed by atoms with Crippen LogP contribution in [0.1, 0.15) is 27.1 Å². The quantitative estimate of drug-likeness (QED) is 0.477. The maximum atomic E-state index is 12.6. The predicted molar refractivity (Wildman–Crippen MR) is 135 cm³/mol. The standard InChI is InChI=1S/C24H21Cl2N3O3S2/c1-34(31,32)18-5-2-15(3-6-18)10-23(30)28-24-20(12-27)19-8-9-29(14-22(19)33-24)13-16-11-17(25)4-7-21(16)26/h2-7,11H,8-10,13-14H2,1H3,(H,28,30). The summed E-state index contributed by atoms with van der Waals surface area (Å²) in [6.07, 6.45) is 1.92. The summed E-state index contributed by atoms with van der Waals surface area (Å²) in [6, 6.07) is 13.9. The molecule has 0 atom stereocenters. The number of carbonyl (C=O) groups excluding carboxylic acids is 1. The molecular weight excluding hydrogens is 513 g/mol. The number of thiophene rings is 1. The first-order chi connectivity index (χ1) is 16.1. The number of nitriles is 1. The smallest absolute Gasteiger partial charge is 0.229 e. The van der Waals surface area contributed by atoms with Crippen molar-refractivity contribution >= 4 is 55.3 Å². The molecule has 34 heavy (non-hydrogen) atoms.